The lowest BCUT2D eigenvalue weighted by molar-refractivity contribution is -0.345. The van der Waals surface area contributed by atoms with Crippen LogP contribution >= 0.6 is 0 Å². The summed E-state index contributed by atoms with van der Waals surface area (Å²) in [6.07, 6.45) is -7.64. The number of carbonyl (C=O) groups excluding carboxylic acids is 5. The molecule has 2 saturated carbocycles. The lowest BCUT2D eigenvalue weighted by atomic mass is 9.44. The van der Waals surface area contributed by atoms with Crippen LogP contribution in [0.1, 0.15) is 90.6 Å². The van der Waals surface area contributed by atoms with Crippen molar-refractivity contribution in [3.05, 3.63) is 82.9 Å². The molecule has 6 rings (SSSR count). The van der Waals surface area contributed by atoms with E-state index in [0.717, 1.165) is 12.7 Å². The average molecular weight is 826 g/mol. The number of ketones is 1. The molecule has 6 N–H and O–H groups in total. The summed E-state index contributed by atoms with van der Waals surface area (Å²) in [7, 11) is 1.00. The second-order valence-electron chi connectivity index (χ2n) is 17.2. The molecule has 1 heterocycles. The summed E-state index contributed by atoms with van der Waals surface area (Å²) < 4.78 is 28.7. The van der Waals surface area contributed by atoms with Crippen LogP contribution in [0.5, 0.6) is 0 Å². The highest BCUT2D eigenvalue weighted by Gasteiger charge is 2.78. The molecule has 4 aliphatic rings. The number of hydrogen-bond acceptors (Lipinski definition) is 14. The summed E-state index contributed by atoms with van der Waals surface area (Å²) in [4.78, 5) is 64.7. The van der Waals surface area contributed by atoms with Gasteiger partial charge in [-0.1, -0.05) is 62.4 Å². The molecule has 59 heavy (non-hydrogen) atoms. The molecule has 2 aromatic carbocycles. The van der Waals surface area contributed by atoms with Crippen LogP contribution in [0.25, 0.3) is 0 Å². The van der Waals surface area contributed by atoms with E-state index in [4.69, 9.17) is 29.8 Å². The van der Waals surface area contributed by atoms with Crippen molar-refractivity contribution in [1.29, 1.82) is 0 Å². The predicted octanol–water partition coefficient (Wildman–Crippen LogP) is 3.75. The van der Waals surface area contributed by atoms with Gasteiger partial charge < -0.3 is 49.8 Å². The first kappa shape index (κ1) is 47.0. The van der Waals surface area contributed by atoms with Crippen molar-refractivity contribution < 1.29 is 68.1 Å². The van der Waals surface area contributed by atoms with Crippen LogP contribution in [-0.2, 0) is 44.5 Å². The molecule has 1 saturated heterocycles. The minimum atomic E-state index is -2.14. The van der Waals surface area contributed by atoms with Gasteiger partial charge in [-0.25, -0.2) is 9.59 Å². The first-order chi connectivity index (χ1) is 27.5. The van der Waals surface area contributed by atoms with Crippen LogP contribution in [0.15, 0.2) is 71.8 Å². The Kier molecular flexibility index (Phi) is 14.3. The van der Waals surface area contributed by atoms with Gasteiger partial charge in [0, 0.05) is 38.7 Å². The molecular weight excluding hydrogens is 766 g/mol. The Morgan fingerprint density at radius 1 is 0.932 bits per heavy atom. The summed E-state index contributed by atoms with van der Waals surface area (Å²) in [5.41, 5.74) is -1.29. The molecule has 15 nitrogen and oxygen atoms in total. The lowest BCUT2D eigenvalue weighted by Crippen LogP contribution is -2.81. The topological polar surface area (TPSA) is 238 Å². The van der Waals surface area contributed by atoms with Crippen molar-refractivity contribution in [3.8, 4) is 0 Å². The SMILES string of the molecule is CC(=O)O[C@@]12COC1CC(O)C1(C)C(=O)C(O)C3=C(C)[C@@H](OC(=O)CCc4ccccc4)CC(O)([C@@H](OC(=O)c4ccccc4)C12)C3(C)C.CC(C)(C)OC(N)=O.CO. The maximum Gasteiger partial charge on any atom is 0.405 e. The molecule has 1 amide bonds. The summed E-state index contributed by atoms with van der Waals surface area (Å²) in [5.74, 6) is -4.29. The molecule has 15 heteroatoms. The number of nitrogens with two attached hydrogens (primary N) is 1. The number of benzene rings is 2. The second kappa shape index (κ2) is 17.9. The smallest absolute Gasteiger partial charge is 0.405 e. The van der Waals surface area contributed by atoms with E-state index in [-0.39, 0.29) is 37.0 Å². The zero-order valence-corrected chi connectivity index (χ0v) is 35.2. The van der Waals surface area contributed by atoms with Crippen LogP contribution in [0.4, 0.5) is 4.79 Å². The van der Waals surface area contributed by atoms with Gasteiger partial charge in [0.1, 0.15) is 35.6 Å². The minimum absolute atomic E-state index is 0.0281. The Morgan fingerprint density at radius 2 is 1.51 bits per heavy atom. The van der Waals surface area contributed by atoms with Crippen molar-refractivity contribution in [2.24, 2.45) is 22.5 Å². The Balaban J connectivity index is 0.000000689. The molecule has 9 atom stereocenters. The van der Waals surface area contributed by atoms with E-state index in [1.807, 2.05) is 30.3 Å². The zero-order chi connectivity index (χ0) is 44.3. The molecule has 2 aromatic rings. The van der Waals surface area contributed by atoms with Gasteiger partial charge in [-0.05, 0) is 69.9 Å². The molecule has 324 valence electrons. The van der Waals surface area contributed by atoms with E-state index < -0.39 is 93.9 Å². The Morgan fingerprint density at radius 3 is 2.00 bits per heavy atom. The molecule has 1 aliphatic heterocycles. The van der Waals surface area contributed by atoms with Crippen LogP contribution in [0, 0.1) is 16.7 Å². The Labute approximate surface area is 344 Å². The molecule has 0 radical (unpaired) electrons. The first-order valence-electron chi connectivity index (χ1n) is 19.6. The fourth-order valence-corrected chi connectivity index (χ4v) is 9.18. The largest absolute Gasteiger partial charge is 0.458 e. The molecule has 3 aliphatic carbocycles. The minimum Gasteiger partial charge on any atom is -0.458 e. The predicted molar refractivity (Wildman–Crippen MR) is 212 cm³/mol. The molecule has 2 bridgehead atoms. The average Bonchev–Trinajstić information content (AvgIpc) is 3.16. The molecule has 3 fully saturated rings. The van der Waals surface area contributed by atoms with Gasteiger partial charge in [-0.3, -0.25) is 14.4 Å². The van der Waals surface area contributed by atoms with Crippen molar-refractivity contribution in [3.63, 3.8) is 0 Å². The fourth-order valence-electron chi connectivity index (χ4n) is 9.18. The van der Waals surface area contributed by atoms with Gasteiger partial charge in [0.05, 0.1) is 29.6 Å². The lowest BCUT2D eigenvalue weighted by Gasteiger charge is -2.67. The summed E-state index contributed by atoms with van der Waals surface area (Å²) in [6, 6.07) is 17.5. The second-order valence-corrected chi connectivity index (χ2v) is 17.2. The quantitative estimate of drug-likeness (QED) is 0.152. The zero-order valence-electron chi connectivity index (χ0n) is 35.2. The van der Waals surface area contributed by atoms with Crippen LogP contribution in [-0.4, -0.2) is 111 Å². The number of rotatable bonds is 7. The third kappa shape index (κ3) is 9.09. The van der Waals surface area contributed by atoms with Crippen molar-refractivity contribution in [2.45, 2.75) is 128 Å². The van der Waals surface area contributed by atoms with Crippen molar-refractivity contribution >= 4 is 29.8 Å². The van der Waals surface area contributed by atoms with E-state index in [2.05, 4.69) is 4.74 Å². The maximum absolute atomic E-state index is 14.7. The highest BCUT2D eigenvalue weighted by molar-refractivity contribution is 5.94. The van der Waals surface area contributed by atoms with E-state index >= 15 is 0 Å². The Hall–Kier alpha value is -4.67. The maximum atomic E-state index is 14.7. The number of aliphatic hydroxyl groups excluding tert-OH is 3. The fraction of sp³-hybridized carbons (Fsp3) is 0.568. The highest BCUT2D eigenvalue weighted by atomic mass is 16.6. The van der Waals surface area contributed by atoms with E-state index in [0.29, 0.717) is 12.0 Å². The van der Waals surface area contributed by atoms with Gasteiger partial charge >= 0.3 is 24.0 Å². The number of ether oxygens (including phenoxy) is 5. The Bertz CT molecular complexity index is 1890. The normalized spacial score (nSPS) is 31.6. The molecule has 6 unspecified atom stereocenters. The van der Waals surface area contributed by atoms with Gasteiger partial charge in [0.25, 0.3) is 0 Å². The van der Waals surface area contributed by atoms with E-state index in [1.165, 1.54) is 26.0 Å². The van der Waals surface area contributed by atoms with Gasteiger partial charge in [-0.2, -0.15) is 0 Å². The van der Waals surface area contributed by atoms with E-state index in [9.17, 15) is 39.3 Å². The number of aryl methyl sites for hydroxylation is 1. The third-order valence-corrected chi connectivity index (χ3v) is 12.1. The van der Waals surface area contributed by atoms with Crippen molar-refractivity contribution in [1.82, 2.24) is 0 Å². The third-order valence-electron chi connectivity index (χ3n) is 12.1. The van der Waals surface area contributed by atoms with Crippen molar-refractivity contribution in [2.75, 3.05) is 13.7 Å². The van der Waals surface area contributed by atoms with Gasteiger partial charge in [0.15, 0.2) is 11.4 Å². The highest BCUT2D eigenvalue weighted by Crippen LogP contribution is 2.64. The number of carbonyl (C=O) groups is 5. The van der Waals surface area contributed by atoms with Gasteiger partial charge in [-0.15, -0.1) is 0 Å². The number of hydrogen-bond donors (Lipinski definition) is 5. The summed E-state index contributed by atoms with van der Waals surface area (Å²) >= 11 is 0. The summed E-state index contributed by atoms with van der Waals surface area (Å²) in [6.45, 7) is 12.6. The first-order valence-corrected chi connectivity index (χ1v) is 19.6. The number of Topliss-reactive ketones (excluding diaryl/α,β-unsaturated/α-hetero) is 1. The van der Waals surface area contributed by atoms with Crippen LogP contribution in [0.3, 0.4) is 0 Å². The van der Waals surface area contributed by atoms with E-state index in [1.54, 1.807) is 59.7 Å². The number of aliphatic hydroxyl groups is 4. The number of primary amides is 1. The number of fused-ring (bicyclic) bond motifs is 5. The standard InChI is InChI=1S/C38H44O11.C5H11NO2.CH4O/c1-21-25(47-28(41)17-16-23-12-8-6-9-13-23)19-38(45)33(48-34(44)24-14-10-7-11-15-24)31-36(5,32(43)30(42)29(21)35(38,3)4)26(40)18-27-37(31,20-46-27)49-22(2)39;1-5(2,3)8-4(6)7;1-2/h6-15,25-27,30-31,33,40,42,45H,16-20H2,1-5H3;1-3H3,(H2,6,7);2H,1H3/t25-,26?,27?,30?,31?,33-,36?,37-,38?;;/m0../s1. The number of amides is 1. The monoisotopic (exact) mass is 825 g/mol. The number of esters is 3. The molecular formula is C44H59NO14. The van der Waals surface area contributed by atoms with Crippen LogP contribution in [0.2, 0.25) is 0 Å². The summed E-state index contributed by atoms with van der Waals surface area (Å²) in [5, 5.41) is 44.0. The molecule has 0 aromatic heterocycles. The van der Waals surface area contributed by atoms with Gasteiger partial charge in [0.2, 0.25) is 0 Å². The molecule has 0 spiro atoms. The van der Waals surface area contributed by atoms with Crippen LogP contribution < -0.4 is 5.73 Å².